The lowest BCUT2D eigenvalue weighted by molar-refractivity contribution is 0.0596. The van der Waals surface area contributed by atoms with Crippen molar-refractivity contribution in [1.82, 2.24) is 0 Å². The quantitative estimate of drug-likeness (QED) is 0.127. The maximum Gasteiger partial charge on any atom is 0.339 e. The van der Waals surface area contributed by atoms with Crippen molar-refractivity contribution in [2.24, 2.45) is 0 Å². The number of hydrogen-bond acceptors (Lipinski definition) is 5. The second-order valence-corrected chi connectivity index (χ2v) is 11.2. The number of esters is 1. The second kappa shape index (κ2) is 10.1. The van der Waals surface area contributed by atoms with Crippen molar-refractivity contribution in [1.29, 1.82) is 5.41 Å². The highest BCUT2D eigenvalue weighted by atomic mass is 32.2. The highest BCUT2D eigenvalue weighted by molar-refractivity contribution is 7.98. The third-order valence-electron chi connectivity index (χ3n) is 8.20. The summed E-state index contributed by atoms with van der Waals surface area (Å²) in [7, 11) is 1.42. The minimum Gasteiger partial charge on any atom is -0.465 e. The largest absolute Gasteiger partial charge is 0.465 e. The van der Waals surface area contributed by atoms with E-state index in [9.17, 15) is 4.79 Å². The van der Waals surface area contributed by atoms with E-state index in [1.54, 1.807) is 0 Å². The highest BCUT2D eigenvalue weighted by Gasteiger charge is 2.31. The van der Waals surface area contributed by atoms with Crippen molar-refractivity contribution >= 4 is 67.0 Å². The Morgan fingerprint density at radius 3 is 2.29 bits per heavy atom. The van der Waals surface area contributed by atoms with E-state index >= 15 is 0 Å². The van der Waals surface area contributed by atoms with E-state index in [1.807, 2.05) is 42.8 Å². The van der Waals surface area contributed by atoms with Crippen LogP contribution < -0.4 is 5.32 Å². The smallest absolute Gasteiger partial charge is 0.339 e. The van der Waals surface area contributed by atoms with E-state index in [-0.39, 0.29) is 5.97 Å². The average molecular weight is 553 g/mol. The van der Waals surface area contributed by atoms with Gasteiger partial charge in [0.1, 0.15) is 0 Å². The Morgan fingerprint density at radius 2 is 1.56 bits per heavy atom. The summed E-state index contributed by atoms with van der Waals surface area (Å²) in [5, 5.41) is 19.7. The first kappa shape index (κ1) is 25.4. The van der Waals surface area contributed by atoms with E-state index < -0.39 is 0 Å². The van der Waals surface area contributed by atoms with Crippen LogP contribution in [-0.4, -0.2) is 25.0 Å². The number of carbonyl (C=O) groups excluding carboxylic acids is 1. The SMILES string of the molecule is COC(=O)c1c(SC)cc(-c2ccc3ccc4cccc5ccc2c3c45)c2c1/C(=C/Nc1ccccc1)C(=N)CC2. The Balaban J connectivity index is 1.54. The molecule has 0 spiro atoms. The zero-order valence-corrected chi connectivity index (χ0v) is 23.7. The first-order chi connectivity index (χ1) is 20.1. The van der Waals surface area contributed by atoms with Gasteiger partial charge in [-0.3, -0.25) is 0 Å². The van der Waals surface area contributed by atoms with Gasteiger partial charge in [-0.05, 0) is 86.3 Å². The maximum absolute atomic E-state index is 13.3. The third kappa shape index (κ3) is 4.08. The Morgan fingerprint density at radius 1 is 0.854 bits per heavy atom. The molecule has 0 aliphatic heterocycles. The van der Waals surface area contributed by atoms with Gasteiger partial charge in [-0.1, -0.05) is 72.8 Å². The monoisotopic (exact) mass is 552 g/mol. The van der Waals surface area contributed by atoms with Crippen molar-refractivity contribution in [3.05, 3.63) is 114 Å². The van der Waals surface area contributed by atoms with Crippen molar-refractivity contribution in [2.45, 2.75) is 17.7 Å². The second-order valence-electron chi connectivity index (χ2n) is 10.4. The fourth-order valence-electron chi connectivity index (χ4n) is 6.32. The van der Waals surface area contributed by atoms with Gasteiger partial charge in [0.15, 0.2) is 0 Å². The molecule has 0 heterocycles. The molecule has 200 valence electrons. The number of benzene rings is 6. The number of ether oxygens (including phenoxy) is 1. The molecule has 2 N–H and O–H groups in total. The molecule has 1 aliphatic carbocycles. The first-order valence-corrected chi connectivity index (χ1v) is 14.9. The molecule has 41 heavy (non-hydrogen) atoms. The van der Waals surface area contributed by atoms with E-state index in [0.717, 1.165) is 38.4 Å². The van der Waals surface area contributed by atoms with E-state index in [1.165, 1.54) is 51.2 Å². The summed E-state index contributed by atoms with van der Waals surface area (Å²) in [4.78, 5) is 14.2. The summed E-state index contributed by atoms with van der Waals surface area (Å²) < 4.78 is 5.31. The lowest BCUT2D eigenvalue weighted by Crippen LogP contribution is -2.20. The Labute approximate surface area is 242 Å². The molecule has 0 fully saturated rings. The standard InChI is InChI=1S/C36H28N2O2S/c1-40-36(39)35-31(41-2)19-28(27-17-18-30(37)29(34(27)35)20-38-24-9-4-3-5-10-24)25-15-13-23-12-11-21-7-6-8-22-14-16-26(25)33(23)32(21)22/h3-16,19-20,37-38H,17-18H2,1-2H3/b29-20+,37-30?. The van der Waals surface area contributed by atoms with Crippen LogP contribution in [0.2, 0.25) is 0 Å². The van der Waals surface area contributed by atoms with Gasteiger partial charge in [-0.25, -0.2) is 4.79 Å². The van der Waals surface area contributed by atoms with Gasteiger partial charge in [0.05, 0.1) is 12.7 Å². The summed E-state index contributed by atoms with van der Waals surface area (Å²) in [6.07, 6.45) is 5.13. The van der Waals surface area contributed by atoms with Gasteiger partial charge in [-0.15, -0.1) is 11.8 Å². The maximum atomic E-state index is 13.3. The number of fused-ring (bicyclic) bond motifs is 1. The number of hydrogen-bond donors (Lipinski definition) is 2. The van der Waals surface area contributed by atoms with Gasteiger partial charge < -0.3 is 15.5 Å². The molecule has 0 saturated heterocycles. The number of rotatable bonds is 5. The molecule has 7 rings (SSSR count). The molecule has 1 aliphatic rings. The summed E-state index contributed by atoms with van der Waals surface area (Å²) in [5.74, 6) is -0.382. The molecule has 0 bridgehead atoms. The lowest BCUT2D eigenvalue weighted by atomic mass is 9.78. The van der Waals surface area contributed by atoms with E-state index in [4.69, 9.17) is 10.1 Å². The molecule has 0 aromatic heterocycles. The Bertz CT molecular complexity index is 2010. The van der Waals surface area contributed by atoms with Crippen LogP contribution in [0.5, 0.6) is 0 Å². The van der Waals surface area contributed by atoms with Crippen LogP contribution in [0.3, 0.4) is 0 Å². The normalized spacial score (nSPS) is 14.2. The Hall–Kier alpha value is -4.61. The predicted octanol–water partition coefficient (Wildman–Crippen LogP) is 9.18. The molecule has 5 heteroatoms. The summed E-state index contributed by atoms with van der Waals surface area (Å²) in [6.45, 7) is 0. The molecule has 6 aromatic carbocycles. The highest BCUT2D eigenvalue weighted by Crippen LogP contribution is 2.46. The zero-order valence-electron chi connectivity index (χ0n) is 22.9. The molecule has 4 nitrogen and oxygen atoms in total. The van der Waals surface area contributed by atoms with Crippen LogP contribution in [0.25, 0.3) is 49.0 Å². The molecular weight excluding hydrogens is 524 g/mol. The number of anilines is 1. The lowest BCUT2D eigenvalue weighted by Gasteiger charge is -2.28. The Kier molecular flexibility index (Phi) is 6.25. The molecule has 0 unspecified atom stereocenters. The predicted molar refractivity (Wildman–Crippen MR) is 173 cm³/mol. The molecule has 0 atom stereocenters. The summed E-state index contributed by atoms with van der Waals surface area (Å²) >= 11 is 1.53. The van der Waals surface area contributed by atoms with Gasteiger partial charge in [-0.2, -0.15) is 0 Å². The summed E-state index contributed by atoms with van der Waals surface area (Å²) in [6, 6.07) is 31.8. The van der Waals surface area contributed by atoms with Crippen molar-refractivity contribution in [3.63, 3.8) is 0 Å². The molecule has 0 radical (unpaired) electrons. The minimum atomic E-state index is -0.382. The minimum absolute atomic E-state index is 0.382. The van der Waals surface area contributed by atoms with Gasteiger partial charge in [0, 0.05) is 33.6 Å². The average Bonchev–Trinajstić information content (AvgIpc) is 3.02. The fraction of sp³-hybridized carbons (Fsp3) is 0.111. The topological polar surface area (TPSA) is 62.2 Å². The molecule has 0 saturated carbocycles. The van der Waals surface area contributed by atoms with Crippen molar-refractivity contribution < 1.29 is 9.53 Å². The number of carbonyl (C=O) groups is 1. The number of allylic oxidation sites excluding steroid dienone is 1. The zero-order chi connectivity index (χ0) is 28.1. The van der Waals surface area contributed by atoms with Crippen LogP contribution in [0.15, 0.2) is 102 Å². The van der Waals surface area contributed by atoms with Gasteiger partial charge >= 0.3 is 5.97 Å². The number of nitrogens with one attached hydrogen (secondary N) is 2. The van der Waals surface area contributed by atoms with Gasteiger partial charge in [0.25, 0.3) is 0 Å². The number of methoxy groups -OCH3 is 1. The first-order valence-electron chi connectivity index (χ1n) is 13.7. The van der Waals surface area contributed by atoms with Gasteiger partial charge in [0.2, 0.25) is 0 Å². The molecule has 0 amide bonds. The van der Waals surface area contributed by atoms with Crippen molar-refractivity contribution in [3.8, 4) is 11.1 Å². The van der Waals surface area contributed by atoms with Crippen molar-refractivity contribution in [2.75, 3.05) is 18.7 Å². The van der Waals surface area contributed by atoms with Crippen LogP contribution in [0.1, 0.15) is 27.9 Å². The molecular formula is C36H28N2O2S. The van der Waals surface area contributed by atoms with Crippen LogP contribution in [0, 0.1) is 5.41 Å². The third-order valence-corrected chi connectivity index (χ3v) is 8.97. The number of thioether (sulfide) groups is 1. The van der Waals surface area contributed by atoms with Crippen LogP contribution >= 0.6 is 11.8 Å². The number of para-hydroxylation sites is 1. The fourth-order valence-corrected chi connectivity index (χ4v) is 6.94. The summed E-state index contributed by atoms with van der Waals surface area (Å²) in [5.41, 5.74) is 6.81. The van der Waals surface area contributed by atoms with Crippen LogP contribution in [-0.2, 0) is 11.2 Å². The van der Waals surface area contributed by atoms with E-state index in [0.29, 0.717) is 24.1 Å². The molecule has 6 aromatic rings. The van der Waals surface area contributed by atoms with E-state index in [2.05, 4.69) is 66.0 Å². The van der Waals surface area contributed by atoms with Crippen LogP contribution in [0.4, 0.5) is 5.69 Å².